The van der Waals surface area contributed by atoms with Gasteiger partial charge < -0.3 is 15.2 Å². The lowest BCUT2D eigenvalue weighted by molar-refractivity contribution is -0.122. The first-order valence-electron chi connectivity index (χ1n) is 7.30. The molecule has 1 aromatic carbocycles. The van der Waals surface area contributed by atoms with Crippen molar-refractivity contribution in [2.45, 2.75) is 39.2 Å². The summed E-state index contributed by atoms with van der Waals surface area (Å²) in [6.07, 6.45) is 1.67. The third kappa shape index (κ3) is 6.06. The van der Waals surface area contributed by atoms with Crippen LogP contribution in [0.2, 0.25) is 0 Å². The van der Waals surface area contributed by atoms with E-state index in [0.29, 0.717) is 19.6 Å². The Hall–Kier alpha value is -1.55. The Labute approximate surface area is 121 Å². The molecule has 0 aliphatic carbocycles. The van der Waals surface area contributed by atoms with Gasteiger partial charge in [-0.05, 0) is 18.1 Å². The number of aliphatic hydroxyl groups excluding tert-OH is 1. The van der Waals surface area contributed by atoms with Gasteiger partial charge in [-0.15, -0.1) is 0 Å². The van der Waals surface area contributed by atoms with Crippen LogP contribution in [0.4, 0.5) is 0 Å². The maximum Gasteiger partial charge on any atom is 0.223 e. The summed E-state index contributed by atoms with van der Waals surface area (Å²) in [5, 5.41) is 12.7. The van der Waals surface area contributed by atoms with Crippen molar-refractivity contribution in [1.29, 1.82) is 0 Å². The first kappa shape index (κ1) is 16.5. The molecular formula is C16H25NO3. The number of benzene rings is 1. The molecule has 0 heterocycles. The molecule has 0 fully saturated rings. The topological polar surface area (TPSA) is 58.6 Å². The second-order valence-corrected chi connectivity index (χ2v) is 4.86. The van der Waals surface area contributed by atoms with Crippen LogP contribution < -0.4 is 10.1 Å². The lowest BCUT2D eigenvalue weighted by atomic mass is 9.96. The third-order valence-electron chi connectivity index (χ3n) is 3.44. The minimum atomic E-state index is -0.469. The van der Waals surface area contributed by atoms with Crippen LogP contribution in [0, 0.1) is 5.92 Å². The molecule has 0 spiro atoms. The summed E-state index contributed by atoms with van der Waals surface area (Å²) in [6.45, 7) is 4.76. The number of rotatable bonds is 9. The van der Waals surface area contributed by atoms with Crippen molar-refractivity contribution in [3.05, 3.63) is 30.3 Å². The predicted molar refractivity (Wildman–Crippen MR) is 79.6 cm³/mol. The zero-order valence-corrected chi connectivity index (χ0v) is 12.3. The van der Waals surface area contributed by atoms with Crippen LogP contribution in [0.25, 0.3) is 0 Å². The Morgan fingerprint density at radius 1 is 1.25 bits per heavy atom. The Balaban J connectivity index is 2.17. The van der Waals surface area contributed by atoms with E-state index in [2.05, 4.69) is 5.32 Å². The van der Waals surface area contributed by atoms with Gasteiger partial charge in [0.15, 0.2) is 0 Å². The molecule has 0 aromatic heterocycles. The Kier molecular flexibility index (Phi) is 7.73. The second-order valence-electron chi connectivity index (χ2n) is 4.86. The van der Waals surface area contributed by atoms with Gasteiger partial charge in [-0.25, -0.2) is 0 Å². The minimum absolute atomic E-state index is 0.0917. The minimum Gasteiger partial charge on any atom is -0.493 e. The molecule has 4 heteroatoms. The fourth-order valence-corrected chi connectivity index (χ4v) is 2.08. The highest BCUT2D eigenvalue weighted by Gasteiger charge is 2.15. The first-order valence-corrected chi connectivity index (χ1v) is 7.30. The maximum absolute atomic E-state index is 11.6. The zero-order chi connectivity index (χ0) is 14.8. The number of para-hydroxylation sites is 1. The fraction of sp³-hybridized carbons (Fsp3) is 0.562. The van der Waals surface area contributed by atoms with Crippen molar-refractivity contribution in [2.75, 3.05) is 13.2 Å². The molecule has 1 amide bonds. The maximum atomic E-state index is 11.6. The van der Waals surface area contributed by atoms with E-state index in [0.717, 1.165) is 18.6 Å². The van der Waals surface area contributed by atoms with E-state index in [1.807, 2.05) is 44.2 Å². The van der Waals surface area contributed by atoms with Crippen LogP contribution >= 0.6 is 0 Å². The summed E-state index contributed by atoms with van der Waals surface area (Å²) in [5.41, 5.74) is 0. The lowest BCUT2D eigenvalue weighted by Gasteiger charge is -2.20. The molecule has 1 unspecified atom stereocenters. The average Bonchev–Trinajstić information content (AvgIpc) is 2.47. The first-order chi connectivity index (χ1) is 9.67. The SMILES string of the molecule is CCC(CC)C(O)CNC(=O)CCOc1ccccc1. The molecule has 1 rings (SSSR count). The van der Waals surface area contributed by atoms with Crippen LogP contribution in [-0.2, 0) is 4.79 Å². The third-order valence-corrected chi connectivity index (χ3v) is 3.44. The summed E-state index contributed by atoms with van der Waals surface area (Å²) in [6, 6.07) is 9.41. The van der Waals surface area contributed by atoms with Gasteiger partial charge >= 0.3 is 0 Å². The van der Waals surface area contributed by atoms with Crippen LogP contribution in [0.1, 0.15) is 33.1 Å². The van der Waals surface area contributed by atoms with E-state index in [4.69, 9.17) is 4.74 Å². The predicted octanol–water partition coefficient (Wildman–Crippen LogP) is 2.37. The number of amides is 1. The zero-order valence-electron chi connectivity index (χ0n) is 12.3. The van der Waals surface area contributed by atoms with Crippen molar-refractivity contribution in [2.24, 2.45) is 5.92 Å². The van der Waals surface area contributed by atoms with Crippen molar-refractivity contribution in [3.63, 3.8) is 0 Å². The highest BCUT2D eigenvalue weighted by atomic mass is 16.5. The quantitative estimate of drug-likeness (QED) is 0.729. The Bertz CT molecular complexity index is 377. The lowest BCUT2D eigenvalue weighted by Crippen LogP contribution is -2.36. The van der Waals surface area contributed by atoms with Crippen LogP contribution in [0.3, 0.4) is 0 Å². The molecule has 112 valence electrons. The smallest absolute Gasteiger partial charge is 0.223 e. The molecule has 1 atom stereocenters. The number of ether oxygens (including phenoxy) is 1. The van der Waals surface area contributed by atoms with Crippen LogP contribution in [-0.4, -0.2) is 30.3 Å². The summed E-state index contributed by atoms with van der Waals surface area (Å²) in [4.78, 5) is 11.6. The molecule has 0 radical (unpaired) electrons. The van der Waals surface area contributed by atoms with Crippen LogP contribution in [0.5, 0.6) is 5.75 Å². The normalized spacial score (nSPS) is 12.2. The van der Waals surface area contributed by atoms with Gasteiger partial charge in [-0.1, -0.05) is 44.9 Å². The van der Waals surface area contributed by atoms with E-state index in [-0.39, 0.29) is 11.8 Å². The highest BCUT2D eigenvalue weighted by molar-refractivity contribution is 5.76. The summed E-state index contributed by atoms with van der Waals surface area (Å²) >= 11 is 0. The van der Waals surface area contributed by atoms with Crippen LogP contribution in [0.15, 0.2) is 30.3 Å². The van der Waals surface area contributed by atoms with E-state index in [1.165, 1.54) is 0 Å². The van der Waals surface area contributed by atoms with E-state index >= 15 is 0 Å². The number of carbonyl (C=O) groups is 1. The number of nitrogens with one attached hydrogen (secondary N) is 1. The molecule has 1 aromatic rings. The number of hydrogen-bond acceptors (Lipinski definition) is 3. The largest absolute Gasteiger partial charge is 0.493 e. The van der Waals surface area contributed by atoms with Gasteiger partial charge in [0, 0.05) is 6.54 Å². The van der Waals surface area contributed by atoms with Crippen molar-refractivity contribution >= 4 is 5.91 Å². The van der Waals surface area contributed by atoms with Crippen molar-refractivity contribution in [3.8, 4) is 5.75 Å². The van der Waals surface area contributed by atoms with Crippen molar-refractivity contribution in [1.82, 2.24) is 5.32 Å². The average molecular weight is 279 g/mol. The molecule has 0 saturated carbocycles. The molecule has 2 N–H and O–H groups in total. The van der Waals surface area contributed by atoms with Gasteiger partial charge in [0.05, 0.1) is 19.1 Å². The Morgan fingerprint density at radius 3 is 2.50 bits per heavy atom. The van der Waals surface area contributed by atoms with Gasteiger partial charge in [-0.2, -0.15) is 0 Å². The van der Waals surface area contributed by atoms with Gasteiger partial charge in [0.2, 0.25) is 5.91 Å². The molecule has 20 heavy (non-hydrogen) atoms. The highest BCUT2D eigenvalue weighted by Crippen LogP contribution is 2.12. The molecule has 0 aliphatic rings. The monoisotopic (exact) mass is 279 g/mol. The summed E-state index contributed by atoms with van der Waals surface area (Å²) in [5.74, 6) is 0.916. The molecular weight excluding hydrogens is 254 g/mol. The standard InChI is InChI=1S/C16H25NO3/c1-3-13(4-2)15(18)12-17-16(19)10-11-20-14-8-6-5-7-9-14/h5-9,13,15,18H,3-4,10-12H2,1-2H3,(H,17,19). The molecule has 0 bridgehead atoms. The number of hydrogen-bond donors (Lipinski definition) is 2. The fourth-order valence-electron chi connectivity index (χ4n) is 2.08. The number of aliphatic hydroxyl groups is 1. The Morgan fingerprint density at radius 2 is 1.90 bits per heavy atom. The molecule has 0 saturated heterocycles. The summed E-state index contributed by atoms with van der Waals surface area (Å²) < 4.78 is 5.45. The second kappa shape index (κ2) is 9.37. The van der Waals surface area contributed by atoms with E-state index in [1.54, 1.807) is 0 Å². The van der Waals surface area contributed by atoms with Gasteiger partial charge in [0.1, 0.15) is 5.75 Å². The van der Waals surface area contributed by atoms with Gasteiger partial charge in [0.25, 0.3) is 0 Å². The van der Waals surface area contributed by atoms with Crippen molar-refractivity contribution < 1.29 is 14.6 Å². The summed E-state index contributed by atoms with van der Waals surface area (Å²) in [7, 11) is 0. The van der Waals surface area contributed by atoms with Gasteiger partial charge in [-0.3, -0.25) is 4.79 Å². The molecule has 0 aliphatic heterocycles. The number of carbonyl (C=O) groups excluding carboxylic acids is 1. The van der Waals surface area contributed by atoms with E-state index < -0.39 is 6.10 Å². The molecule has 4 nitrogen and oxygen atoms in total. The van der Waals surface area contributed by atoms with E-state index in [9.17, 15) is 9.90 Å².